The summed E-state index contributed by atoms with van der Waals surface area (Å²) in [5.41, 5.74) is 0.249. The van der Waals surface area contributed by atoms with Crippen molar-refractivity contribution in [3.8, 4) is 0 Å². The molecular formula is C26H20Cl4N2O7S2. The van der Waals surface area contributed by atoms with E-state index in [0.717, 1.165) is 9.79 Å². The normalized spacial score (nSPS) is 10.9. The zero-order valence-corrected chi connectivity index (χ0v) is 26.0. The van der Waals surface area contributed by atoms with E-state index in [9.17, 15) is 29.6 Å². The van der Waals surface area contributed by atoms with Crippen LogP contribution in [0.5, 0.6) is 0 Å². The average molecular weight is 678 g/mol. The maximum Gasteiger partial charge on any atom is 0.338 e. The van der Waals surface area contributed by atoms with E-state index in [1.807, 2.05) is 24.6 Å². The monoisotopic (exact) mass is 676 g/mol. The zero-order chi connectivity index (χ0) is 31.0. The van der Waals surface area contributed by atoms with E-state index in [1.165, 1.54) is 36.9 Å². The van der Waals surface area contributed by atoms with Crippen molar-refractivity contribution < 1.29 is 29.5 Å². The van der Waals surface area contributed by atoms with Gasteiger partial charge in [0.25, 0.3) is 11.6 Å². The summed E-state index contributed by atoms with van der Waals surface area (Å²) < 4.78 is 0. The average Bonchev–Trinajstić information content (AvgIpc) is 2.93. The number of carbonyl (C=O) groups excluding carboxylic acids is 1. The highest BCUT2D eigenvalue weighted by atomic mass is 35.5. The molecular weight excluding hydrogens is 658 g/mol. The number of carboxylic acid groups (broad SMARTS) is 2. The Morgan fingerprint density at radius 2 is 1.44 bits per heavy atom. The molecule has 15 heteroatoms. The molecule has 0 heterocycles. The first-order chi connectivity index (χ1) is 19.2. The number of carbonyl (C=O) groups is 3. The Bertz CT molecular complexity index is 1550. The highest BCUT2D eigenvalue weighted by Crippen LogP contribution is 2.42. The Morgan fingerprint density at radius 1 is 0.878 bits per heavy atom. The molecule has 0 bridgehead atoms. The zero-order valence-electron chi connectivity index (χ0n) is 21.3. The fourth-order valence-corrected chi connectivity index (χ4v) is 5.14. The van der Waals surface area contributed by atoms with E-state index in [-0.39, 0.29) is 36.9 Å². The summed E-state index contributed by atoms with van der Waals surface area (Å²) >= 11 is 26.7. The molecule has 0 aliphatic carbocycles. The number of hydrogen-bond donors (Lipinski definition) is 3. The number of aromatic carboxylic acids is 1. The smallest absolute Gasteiger partial charge is 0.338 e. The van der Waals surface area contributed by atoms with Gasteiger partial charge in [-0.1, -0.05) is 46.4 Å². The number of nitro groups is 1. The number of nitrogens with zero attached hydrogens (tertiary/aromatic N) is 1. The molecule has 3 rings (SSSR count). The van der Waals surface area contributed by atoms with Gasteiger partial charge in [0.05, 0.1) is 36.1 Å². The third kappa shape index (κ3) is 8.78. The van der Waals surface area contributed by atoms with Gasteiger partial charge in [0.1, 0.15) is 0 Å². The molecule has 0 radical (unpaired) electrons. The largest absolute Gasteiger partial charge is 0.478 e. The van der Waals surface area contributed by atoms with Crippen LogP contribution in [0.1, 0.15) is 33.2 Å². The van der Waals surface area contributed by atoms with Gasteiger partial charge < -0.3 is 15.5 Å². The van der Waals surface area contributed by atoms with E-state index in [2.05, 4.69) is 5.32 Å². The minimum Gasteiger partial charge on any atom is -0.478 e. The van der Waals surface area contributed by atoms with E-state index >= 15 is 0 Å². The van der Waals surface area contributed by atoms with Crippen LogP contribution >= 0.6 is 69.9 Å². The number of rotatable bonds is 8. The number of benzene rings is 3. The second-order valence-corrected chi connectivity index (χ2v) is 11.0. The van der Waals surface area contributed by atoms with Gasteiger partial charge in [0, 0.05) is 33.2 Å². The summed E-state index contributed by atoms with van der Waals surface area (Å²) in [7, 11) is 0. The molecule has 216 valence electrons. The fourth-order valence-electron chi connectivity index (χ4n) is 3.16. The van der Waals surface area contributed by atoms with Crippen molar-refractivity contribution >= 4 is 105 Å². The summed E-state index contributed by atoms with van der Waals surface area (Å²) in [5, 5.41) is 30.3. The number of carboxylic acids is 2. The minimum atomic E-state index is -1.44. The number of hydrogen-bond acceptors (Lipinski definition) is 7. The standard InChI is InChI=1S/C15H9Cl4NO3S.C11H11NO4S/c1-24-7-4-2-6(3-5-7)20-14(21)8-9(15(22)23)11(17)13(19)12(18)10(8)16;1-7(11(13)14)5-8-6-9(12(15)16)3-4-10(8)17-2/h2-5H,1H3,(H,20,21)(H,22,23);3-6H,1-2H3,(H,13,14). The van der Waals surface area contributed by atoms with Gasteiger partial charge >= 0.3 is 11.9 Å². The molecule has 3 aromatic carbocycles. The Hall–Kier alpha value is -2.93. The van der Waals surface area contributed by atoms with Gasteiger partial charge in [0.15, 0.2) is 0 Å². The van der Waals surface area contributed by atoms with Crippen molar-refractivity contribution in [3.63, 3.8) is 0 Å². The van der Waals surface area contributed by atoms with Gasteiger partial charge in [0.2, 0.25) is 0 Å². The SMILES string of the molecule is CSc1ccc(NC(=O)c2c(Cl)c(Cl)c(Cl)c(Cl)c2C(=O)O)cc1.CSc1ccc([N+](=O)[O-])cc1C=C(C)C(=O)O. The molecule has 0 fully saturated rings. The van der Waals surface area contributed by atoms with Crippen LogP contribution < -0.4 is 5.32 Å². The lowest BCUT2D eigenvalue weighted by molar-refractivity contribution is -0.384. The second kappa shape index (κ2) is 15.3. The predicted molar refractivity (Wildman–Crippen MR) is 166 cm³/mol. The van der Waals surface area contributed by atoms with E-state index in [1.54, 1.807) is 30.0 Å². The van der Waals surface area contributed by atoms with Crippen LogP contribution in [-0.4, -0.2) is 45.5 Å². The number of nitro benzene ring substituents is 1. The fraction of sp³-hybridized carbons (Fsp3) is 0.115. The highest BCUT2D eigenvalue weighted by Gasteiger charge is 2.28. The van der Waals surface area contributed by atoms with Crippen LogP contribution in [0.25, 0.3) is 6.08 Å². The molecule has 41 heavy (non-hydrogen) atoms. The highest BCUT2D eigenvalue weighted by molar-refractivity contribution is 7.98. The first-order valence-electron chi connectivity index (χ1n) is 11.0. The van der Waals surface area contributed by atoms with Crippen molar-refractivity contribution in [2.24, 2.45) is 0 Å². The van der Waals surface area contributed by atoms with Gasteiger partial charge in [-0.25, -0.2) is 9.59 Å². The van der Waals surface area contributed by atoms with Crippen molar-refractivity contribution in [1.82, 2.24) is 0 Å². The molecule has 1 amide bonds. The number of non-ortho nitro benzene ring substituents is 1. The Balaban J connectivity index is 0.000000305. The molecule has 9 nitrogen and oxygen atoms in total. The number of anilines is 1. The van der Waals surface area contributed by atoms with Crippen LogP contribution in [0.4, 0.5) is 11.4 Å². The summed E-state index contributed by atoms with van der Waals surface area (Å²) in [6, 6.07) is 11.4. The van der Waals surface area contributed by atoms with Crippen molar-refractivity contribution in [3.05, 3.63) is 94.9 Å². The molecule has 3 aromatic rings. The topological polar surface area (TPSA) is 147 Å². The third-order valence-corrected chi connectivity index (χ3v) is 8.55. The molecule has 0 saturated carbocycles. The quantitative estimate of drug-likeness (QED) is 0.0531. The van der Waals surface area contributed by atoms with E-state index in [4.69, 9.17) is 51.5 Å². The van der Waals surface area contributed by atoms with Gasteiger partial charge in [-0.15, -0.1) is 23.5 Å². The Labute approximate surface area is 263 Å². The molecule has 0 aliphatic heterocycles. The Morgan fingerprint density at radius 3 is 1.90 bits per heavy atom. The molecule has 0 saturated heterocycles. The molecule has 0 spiro atoms. The second-order valence-electron chi connectivity index (χ2n) is 7.81. The number of halogens is 4. The summed E-state index contributed by atoms with van der Waals surface area (Å²) in [6.45, 7) is 1.45. The van der Waals surface area contributed by atoms with Crippen molar-refractivity contribution in [2.75, 3.05) is 17.8 Å². The van der Waals surface area contributed by atoms with Crippen LogP contribution in [0.3, 0.4) is 0 Å². The molecule has 0 atom stereocenters. The summed E-state index contributed by atoms with van der Waals surface area (Å²) in [4.78, 5) is 46.6. The minimum absolute atomic E-state index is 0.0489. The van der Waals surface area contributed by atoms with E-state index in [0.29, 0.717) is 11.3 Å². The molecule has 0 unspecified atom stereocenters. The van der Waals surface area contributed by atoms with Crippen LogP contribution in [0.15, 0.2) is 57.8 Å². The first-order valence-corrected chi connectivity index (χ1v) is 15.0. The number of amides is 1. The number of thioether (sulfide) groups is 2. The van der Waals surface area contributed by atoms with Gasteiger partial charge in [-0.3, -0.25) is 14.9 Å². The number of aliphatic carboxylic acids is 1. The molecule has 3 N–H and O–H groups in total. The van der Waals surface area contributed by atoms with Crippen LogP contribution in [-0.2, 0) is 4.79 Å². The molecule has 0 aliphatic rings. The maximum atomic E-state index is 12.5. The lowest BCUT2D eigenvalue weighted by atomic mass is 10.1. The van der Waals surface area contributed by atoms with Crippen molar-refractivity contribution in [2.45, 2.75) is 16.7 Å². The first kappa shape index (κ1) is 34.3. The predicted octanol–water partition coefficient (Wildman–Crippen LogP) is 8.78. The summed E-state index contributed by atoms with van der Waals surface area (Å²) in [6.07, 6.45) is 5.18. The van der Waals surface area contributed by atoms with Gasteiger partial charge in [-0.05, 0) is 61.4 Å². The third-order valence-electron chi connectivity index (χ3n) is 5.19. The lowest BCUT2D eigenvalue weighted by Gasteiger charge is -2.14. The van der Waals surface area contributed by atoms with Crippen LogP contribution in [0.2, 0.25) is 20.1 Å². The van der Waals surface area contributed by atoms with Crippen LogP contribution in [0, 0.1) is 10.1 Å². The Kier molecular flexibility index (Phi) is 12.8. The lowest BCUT2D eigenvalue weighted by Crippen LogP contribution is -2.18. The van der Waals surface area contributed by atoms with E-state index < -0.39 is 28.3 Å². The summed E-state index contributed by atoms with van der Waals surface area (Å²) in [5.74, 6) is -3.23. The van der Waals surface area contributed by atoms with Gasteiger partial charge in [-0.2, -0.15) is 0 Å². The number of nitrogens with one attached hydrogen (secondary N) is 1. The molecule has 0 aromatic heterocycles. The van der Waals surface area contributed by atoms with Crippen molar-refractivity contribution in [1.29, 1.82) is 0 Å². The maximum absolute atomic E-state index is 12.5.